The minimum absolute atomic E-state index is 0.138. The molecule has 0 spiro atoms. The Labute approximate surface area is 171 Å². The Balaban J connectivity index is 1.64. The monoisotopic (exact) mass is 415 g/mol. The zero-order chi connectivity index (χ0) is 19.9. The quantitative estimate of drug-likeness (QED) is 0.422. The largest absolute Gasteiger partial charge is 0.485 e. The molecule has 0 aliphatic rings. The molecule has 2 heterocycles. The molecule has 2 aromatic heterocycles. The summed E-state index contributed by atoms with van der Waals surface area (Å²) in [6, 6.07) is 5.96. The van der Waals surface area contributed by atoms with E-state index < -0.39 is 0 Å². The summed E-state index contributed by atoms with van der Waals surface area (Å²) in [7, 11) is 0. The molecule has 3 rings (SSSR count). The van der Waals surface area contributed by atoms with Crippen LogP contribution >= 0.6 is 23.1 Å². The van der Waals surface area contributed by atoms with Gasteiger partial charge in [-0.15, -0.1) is 28.1 Å². The molecule has 0 unspecified atom stereocenters. The standard InChI is InChI=1S/C19H21N5O2S2/c1-4-9-24-16(11-26-15-7-5-6-13(2)14(15)3)22-23-19(24)28-12-17(25)21-18-20-8-10-27-18/h4-8,10H,1,9,11-12H2,2-3H3,(H,20,21,25). The smallest absolute Gasteiger partial charge is 0.236 e. The Morgan fingerprint density at radius 2 is 2.25 bits per heavy atom. The molecule has 0 aliphatic heterocycles. The topological polar surface area (TPSA) is 81.9 Å². The molecule has 0 saturated carbocycles. The van der Waals surface area contributed by atoms with Gasteiger partial charge >= 0.3 is 0 Å². The Hall–Kier alpha value is -2.65. The maximum absolute atomic E-state index is 12.1. The Morgan fingerprint density at radius 3 is 3.00 bits per heavy atom. The predicted molar refractivity (Wildman–Crippen MR) is 112 cm³/mol. The van der Waals surface area contributed by atoms with E-state index in [4.69, 9.17) is 4.74 Å². The van der Waals surface area contributed by atoms with Gasteiger partial charge in [0.05, 0.1) is 5.75 Å². The summed E-state index contributed by atoms with van der Waals surface area (Å²) in [6.07, 6.45) is 3.42. The number of thioether (sulfide) groups is 1. The van der Waals surface area contributed by atoms with Crippen molar-refractivity contribution in [3.63, 3.8) is 0 Å². The maximum Gasteiger partial charge on any atom is 0.236 e. The number of carbonyl (C=O) groups is 1. The third-order valence-corrected chi connectivity index (χ3v) is 5.68. The summed E-state index contributed by atoms with van der Waals surface area (Å²) >= 11 is 2.70. The molecule has 1 N–H and O–H groups in total. The van der Waals surface area contributed by atoms with E-state index in [0.29, 0.717) is 22.7 Å². The number of rotatable bonds is 9. The minimum Gasteiger partial charge on any atom is -0.485 e. The van der Waals surface area contributed by atoms with E-state index in [9.17, 15) is 4.79 Å². The van der Waals surface area contributed by atoms with Crippen LogP contribution in [0, 0.1) is 13.8 Å². The lowest BCUT2D eigenvalue weighted by atomic mass is 10.1. The van der Waals surface area contributed by atoms with Crippen molar-refractivity contribution in [3.05, 3.63) is 59.4 Å². The van der Waals surface area contributed by atoms with Gasteiger partial charge < -0.3 is 10.1 Å². The zero-order valence-corrected chi connectivity index (χ0v) is 17.3. The van der Waals surface area contributed by atoms with Gasteiger partial charge in [-0.25, -0.2) is 4.98 Å². The first-order valence-corrected chi connectivity index (χ1v) is 10.5. The van der Waals surface area contributed by atoms with Crippen LogP contribution in [0.15, 0.2) is 47.6 Å². The molecule has 9 heteroatoms. The molecular formula is C19H21N5O2S2. The summed E-state index contributed by atoms with van der Waals surface area (Å²) in [4.78, 5) is 16.1. The summed E-state index contributed by atoms with van der Waals surface area (Å²) in [6.45, 7) is 8.70. The number of thiazole rings is 1. The molecular weight excluding hydrogens is 394 g/mol. The number of hydrogen-bond donors (Lipinski definition) is 1. The van der Waals surface area contributed by atoms with E-state index in [-0.39, 0.29) is 18.3 Å². The highest BCUT2D eigenvalue weighted by Crippen LogP contribution is 2.23. The molecule has 28 heavy (non-hydrogen) atoms. The number of benzene rings is 1. The molecule has 7 nitrogen and oxygen atoms in total. The van der Waals surface area contributed by atoms with Crippen molar-refractivity contribution in [1.82, 2.24) is 19.7 Å². The van der Waals surface area contributed by atoms with Gasteiger partial charge in [-0.05, 0) is 31.0 Å². The first kappa shape index (κ1) is 20.1. The van der Waals surface area contributed by atoms with Gasteiger partial charge in [0.2, 0.25) is 5.91 Å². The van der Waals surface area contributed by atoms with Gasteiger partial charge in [-0.2, -0.15) is 0 Å². The Morgan fingerprint density at radius 1 is 1.39 bits per heavy atom. The molecule has 146 valence electrons. The number of nitrogens with zero attached hydrogens (tertiary/aromatic N) is 4. The van der Waals surface area contributed by atoms with Crippen molar-refractivity contribution in [3.8, 4) is 5.75 Å². The number of carbonyl (C=O) groups excluding carboxylic acids is 1. The highest BCUT2D eigenvalue weighted by atomic mass is 32.2. The van der Waals surface area contributed by atoms with E-state index in [1.54, 1.807) is 12.3 Å². The fraction of sp³-hybridized carbons (Fsp3) is 0.263. The van der Waals surface area contributed by atoms with E-state index in [0.717, 1.165) is 11.3 Å². The molecule has 0 bridgehead atoms. The second-order valence-corrected chi connectivity index (χ2v) is 7.80. The molecule has 1 amide bonds. The lowest BCUT2D eigenvalue weighted by Crippen LogP contribution is -2.14. The van der Waals surface area contributed by atoms with Crippen molar-refractivity contribution in [2.24, 2.45) is 0 Å². The molecule has 1 aromatic carbocycles. The maximum atomic E-state index is 12.1. The Bertz CT molecular complexity index is 953. The second-order valence-electron chi connectivity index (χ2n) is 5.96. The zero-order valence-electron chi connectivity index (χ0n) is 15.7. The second kappa shape index (κ2) is 9.52. The molecule has 0 saturated heterocycles. The van der Waals surface area contributed by atoms with Crippen molar-refractivity contribution >= 4 is 34.1 Å². The lowest BCUT2D eigenvalue weighted by Gasteiger charge is -2.11. The van der Waals surface area contributed by atoms with E-state index in [1.165, 1.54) is 28.7 Å². The third kappa shape index (κ3) is 4.99. The predicted octanol–water partition coefficient (Wildman–Crippen LogP) is 3.85. The normalized spacial score (nSPS) is 10.6. The molecule has 0 fully saturated rings. The van der Waals surface area contributed by atoms with Gasteiger partial charge in [0.25, 0.3) is 0 Å². The summed E-state index contributed by atoms with van der Waals surface area (Å²) in [5, 5.41) is 14.2. The van der Waals surface area contributed by atoms with Crippen molar-refractivity contribution in [1.29, 1.82) is 0 Å². The van der Waals surface area contributed by atoms with Gasteiger partial charge in [0, 0.05) is 18.1 Å². The van der Waals surface area contributed by atoms with Crippen molar-refractivity contribution in [2.75, 3.05) is 11.1 Å². The van der Waals surface area contributed by atoms with Crippen LogP contribution in [-0.4, -0.2) is 31.4 Å². The van der Waals surface area contributed by atoms with Crippen LogP contribution in [-0.2, 0) is 17.9 Å². The van der Waals surface area contributed by atoms with Gasteiger partial charge in [-0.1, -0.05) is 30.0 Å². The van der Waals surface area contributed by atoms with Crippen LogP contribution in [0.25, 0.3) is 0 Å². The highest BCUT2D eigenvalue weighted by molar-refractivity contribution is 7.99. The van der Waals surface area contributed by atoms with Crippen LogP contribution in [0.1, 0.15) is 17.0 Å². The fourth-order valence-corrected chi connectivity index (χ4v) is 3.75. The van der Waals surface area contributed by atoms with E-state index >= 15 is 0 Å². The van der Waals surface area contributed by atoms with Crippen LogP contribution in [0.4, 0.5) is 5.13 Å². The summed E-state index contributed by atoms with van der Waals surface area (Å²) < 4.78 is 7.85. The van der Waals surface area contributed by atoms with Crippen molar-refractivity contribution < 1.29 is 9.53 Å². The van der Waals surface area contributed by atoms with Gasteiger partial charge in [0.1, 0.15) is 12.4 Å². The van der Waals surface area contributed by atoms with Crippen LogP contribution < -0.4 is 10.1 Å². The fourth-order valence-electron chi connectivity index (χ4n) is 2.44. The van der Waals surface area contributed by atoms with Gasteiger partial charge in [-0.3, -0.25) is 9.36 Å². The number of nitrogens with one attached hydrogen (secondary N) is 1. The Kier molecular flexibility index (Phi) is 6.83. The first-order valence-electron chi connectivity index (χ1n) is 8.62. The lowest BCUT2D eigenvalue weighted by molar-refractivity contribution is -0.113. The SMILES string of the molecule is C=CCn1c(COc2cccc(C)c2C)nnc1SCC(=O)Nc1nccs1. The first-order chi connectivity index (χ1) is 13.6. The number of amides is 1. The number of ether oxygens (including phenoxy) is 1. The summed E-state index contributed by atoms with van der Waals surface area (Å²) in [5.41, 5.74) is 2.28. The number of aryl methyl sites for hydroxylation is 1. The summed E-state index contributed by atoms with van der Waals surface area (Å²) in [5.74, 6) is 1.59. The van der Waals surface area contributed by atoms with E-state index in [1.807, 2.05) is 42.0 Å². The van der Waals surface area contributed by atoms with E-state index in [2.05, 4.69) is 27.1 Å². The van der Waals surface area contributed by atoms with Crippen molar-refractivity contribution in [2.45, 2.75) is 32.2 Å². The molecule has 0 aliphatic carbocycles. The van der Waals surface area contributed by atoms with Gasteiger partial charge in [0.15, 0.2) is 16.1 Å². The minimum atomic E-state index is -0.138. The third-order valence-electron chi connectivity index (χ3n) is 4.03. The van der Waals surface area contributed by atoms with Crippen LogP contribution in [0.5, 0.6) is 5.75 Å². The van der Waals surface area contributed by atoms with Crippen LogP contribution in [0.3, 0.4) is 0 Å². The van der Waals surface area contributed by atoms with Crippen LogP contribution in [0.2, 0.25) is 0 Å². The molecule has 3 aromatic rings. The molecule has 0 radical (unpaired) electrons. The molecule has 0 atom stereocenters. The average Bonchev–Trinajstić information content (AvgIpc) is 3.32. The average molecular weight is 416 g/mol. The number of hydrogen-bond acceptors (Lipinski definition) is 7. The number of anilines is 1. The highest BCUT2D eigenvalue weighted by Gasteiger charge is 2.15. The number of allylic oxidation sites excluding steroid dienone is 1. The number of aromatic nitrogens is 4.